The van der Waals surface area contributed by atoms with Gasteiger partial charge in [-0.25, -0.2) is 0 Å². The van der Waals surface area contributed by atoms with Gasteiger partial charge in [-0.05, 0) is 41.6 Å². The molecule has 2 heterocycles. The van der Waals surface area contributed by atoms with Crippen LogP contribution in [0.15, 0.2) is 29.6 Å². The summed E-state index contributed by atoms with van der Waals surface area (Å²) in [6.07, 6.45) is -3.89. The number of nitrogens with zero attached hydrogens (tertiary/aromatic N) is 2. The Labute approximate surface area is 191 Å². The highest BCUT2D eigenvalue weighted by Gasteiger charge is 2.33. The molecule has 1 aromatic carbocycles. The number of fused-ring (bicyclic) bond motifs is 1. The first-order chi connectivity index (χ1) is 15.0. The molecule has 32 heavy (non-hydrogen) atoms. The third kappa shape index (κ3) is 6.01. The Kier molecular flexibility index (Phi) is 7.45. The molecule has 0 saturated carbocycles. The molecule has 2 aromatic rings. The highest BCUT2D eigenvalue weighted by molar-refractivity contribution is 7.10. The minimum Gasteiger partial charge on any atom is -0.338 e. The summed E-state index contributed by atoms with van der Waals surface area (Å²) >= 11 is 7.23. The first-order valence-corrected chi connectivity index (χ1v) is 11.0. The van der Waals surface area contributed by atoms with Gasteiger partial charge in [0, 0.05) is 43.5 Å². The third-order valence-corrected chi connectivity index (χ3v) is 6.43. The van der Waals surface area contributed by atoms with E-state index >= 15 is 0 Å². The Morgan fingerprint density at radius 2 is 1.97 bits per heavy atom. The molecule has 0 radical (unpaired) electrons. The van der Waals surface area contributed by atoms with Gasteiger partial charge in [-0.3, -0.25) is 14.4 Å². The molecule has 3 rings (SSSR count). The van der Waals surface area contributed by atoms with Crippen LogP contribution in [-0.2, 0) is 33.5 Å². The summed E-state index contributed by atoms with van der Waals surface area (Å²) in [6.45, 7) is 0.782. The van der Waals surface area contributed by atoms with E-state index in [1.54, 1.807) is 16.2 Å². The van der Waals surface area contributed by atoms with Crippen LogP contribution in [0.25, 0.3) is 0 Å². The van der Waals surface area contributed by atoms with E-state index in [9.17, 15) is 27.6 Å². The quantitative estimate of drug-likeness (QED) is 0.664. The molecule has 1 aliphatic heterocycles. The van der Waals surface area contributed by atoms with Crippen molar-refractivity contribution in [3.05, 3.63) is 50.7 Å². The van der Waals surface area contributed by atoms with E-state index in [1.807, 2.05) is 11.4 Å². The highest BCUT2D eigenvalue weighted by Crippen LogP contribution is 2.36. The summed E-state index contributed by atoms with van der Waals surface area (Å²) in [5.74, 6) is -1.20. The van der Waals surface area contributed by atoms with Gasteiger partial charge in [0.05, 0.1) is 17.1 Å². The van der Waals surface area contributed by atoms with Gasteiger partial charge in [-0.2, -0.15) is 13.2 Å². The predicted molar refractivity (Wildman–Crippen MR) is 115 cm³/mol. The minimum absolute atomic E-state index is 0.0242. The molecule has 0 unspecified atom stereocenters. The van der Waals surface area contributed by atoms with E-state index in [1.165, 1.54) is 18.0 Å². The van der Waals surface area contributed by atoms with Crippen LogP contribution in [0.4, 0.5) is 18.9 Å². The second-order valence-electron chi connectivity index (χ2n) is 7.42. The van der Waals surface area contributed by atoms with Crippen molar-refractivity contribution in [1.29, 1.82) is 0 Å². The molecule has 0 fully saturated rings. The monoisotopic (exact) mass is 487 g/mol. The number of thiophene rings is 1. The summed E-state index contributed by atoms with van der Waals surface area (Å²) in [7, 11) is 1.40. The van der Waals surface area contributed by atoms with E-state index in [2.05, 4.69) is 5.32 Å². The second kappa shape index (κ2) is 9.91. The van der Waals surface area contributed by atoms with Crippen LogP contribution in [0.1, 0.15) is 28.8 Å². The van der Waals surface area contributed by atoms with Gasteiger partial charge in [0.15, 0.2) is 0 Å². The topological polar surface area (TPSA) is 69.7 Å². The van der Waals surface area contributed by atoms with Crippen molar-refractivity contribution in [1.82, 2.24) is 9.80 Å². The van der Waals surface area contributed by atoms with E-state index in [0.717, 1.165) is 29.0 Å². The zero-order valence-electron chi connectivity index (χ0n) is 17.2. The number of likely N-dealkylation sites (N-methyl/N-ethyl adjacent to an activating group) is 1. The molecular formula is C21H21ClF3N3O3S. The van der Waals surface area contributed by atoms with Gasteiger partial charge in [-0.15, -0.1) is 11.3 Å². The van der Waals surface area contributed by atoms with Crippen molar-refractivity contribution in [3.63, 3.8) is 0 Å². The number of rotatable bonds is 6. The van der Waals surface area contributed by atoms with Crippen LogP contribution in [0.3, 0.4) is 0 Å². The number of carbonyl (C=O) groups excluding carboxylic acids is 3. The van der Waals surface area contributed by atoms with E-state index in [0.29, 0.717) is 13.1 Å². The normalized spacial score (nSPS) is 13.5. The fraction of sp³-hybridized carbons (Fsp3) is 0.381. The maximum atomic E-state index is 12.9. The number of hydrogen-bond acceptors (Lipinski definition) is 4. The van der Waals surface area contributed by atoms with Crippen LogP contribution in [0.2, 0.25) is 5.02 Å². The highest BCUT2D eigenvalue weighted by atomic mass is 35.5. The molecule has 1 aromatic heterocycles. The number of hydrogen-bond donors (Lipinski definition) is 1. The number of anilines is 1. The number of benzene rings is 1. The van der Waals surface area contributed by atoms with Gasteiger partial charge in [0.2, 0.25) is 17.7 Å². The molecular weight excluding hydrogens is 467 g/mol. The molecule has 0 spiro atoms. The fourth-order valence-corrected chi connectivity index (χ4v) is 4.46. The molecule has 0 atom stereocenters. The van der Waals surface area contributed by atoms with E-state index in [-0.39, 0.29) is 31.0 Å². The molecule has 0 bridgehead atoms. The molecule has 11 heteroatoms. The second-order valence-corrected chi connectivity index (χ2v) is 8.83. The van der Waals surface area contributed by atoms with Crippen LogP contribution in [0.5, 0.6) is 0 Å². The molecule has 6 nitrogen and oxygen atoms in total. The summed E-state index contributed by atoms with van der Waals surface area (Å²) in [4.78, 5) is 41.0. The predicted octanol–water partition coefficient (Wildman–Crippen LogP) is 4.18. The Morgan fingerprint density at radius 3 is 2.69 bits per heavy atom. The van der Waals surface area contributed by atoms with Gasteiger partial charge in [0.1, 0.15) is 0 Å². The Bertz CT molecular complexity index is 1030. The molecule has 0 saturated heterocycles. The maximum absolute atomic E-state index is 12.9. The number of alkyl halides is 3. The van der Waals surface area contributed by atoms with Gasteiger partial charge in [0.25, 0.3) is 0 Å². The average Bonchev–Trinajstić information content (AvgIpc) is 3.20. The van der Waals surface area contributed by atoms with Crippen molar-refractivity contribution in [2.45, 2.75) is 32.0 Å². The first kappa shape index (κ1) is 24.1. The zero-order chi connectivity index (χ0) is 23.5. The average molecular weight is 488 g/mol. The van der Waals surface area contributed by atoms with Crippen molar-refractivity contribution in [2.75, 3.05) is 25.5 Å². The lowest BCUT2D eigenvalue weighted by atomic mass is 10.1. The molecule has 1 aliphatic rings. The Hall–Kier alpha value is -2.59. The molecule has 3 amide bonds. The third-order valence-electron chi connectivity index (χ3n) is 5.08. The molecule has 1 N–H and O–H groups in total. The minimum atomic E-state index is -4.66. The molecule has 0 aliphatic carbocycles. The smallest absolute Gasteiger partial charge is 0.338 e. The number of carbonyl (C=O) groups is 3. The maximum Gasteiger partial charge on any atom is 0.417 e. The van der Waals surface area contributed by atoms with Gasteiger partial charge >= 0.3 is 6.18 Å². The van der Waals surface area contributed by atoms with Crippen LogP contribution in [0, 0.1) is 0 Å². The Balaban J connectivity index is 1.47. The number of amides is 3. The SMILES string of the molecule is CN(CC(=O)Nc1ccc(Cl)c(C(F)(F)F)c1)C(=O)CCC(=O)N1CCc2sccc2C1. The fourth-order valence-electron chi connectivity index (χ4n) is 3.35. The van der Waals surface area contributed by atoms with Crippen molar-refractivity contribution >= 4 is 46.3 Å². The zero-order valence-corrected chi connectivity index (χ0v) is 18.7. The molecule has 172 valence electrons. The Morgan fingerprint density at radius 1 is 1.22 bits per heavy atom. The van der Waals surface area contributed by atoms with Gasteiger partial charge in [-0.1, -0.05) is 11.6 Å². The lowest BCUT2D eigenvalue weighted by Gasteiger charge is -2.27. The van der Waals surface area contributed by atoms with Crippen LogP contribution < -0.4 is 5.32 Å². The number of nitrogens with one attached hydrogen (secondary N) is 1. The standard InChI is InChI=1S/C21H21ClF3N3O3S/c1-27(12-18(29)26-14-2-3-16(22)15(10-14)21(23,24)25)19(30)4-5-20(31)28-8-6-17-13(11-28)7-9-32-17/h2-3,7,9-10H,4-6,8,11-12H2,1H3,(H,26,29). The first-order valence-electron chi connectivity index (χ1n) is 9.78. The summed E-state index contributed by atoms with van der Waals surface area (Å²) in [5, 5.41) is 3.85. The summed E-state index contributed by atoms with van der Waals surface area (Å²) in [5.41, 5.74) is -0.0153. The summed E-state index contributed by atoms with van der Waals surface area (Å²) < 4.78 is 38.8. The number of halogens is 4. The van der Waals surface area contributed by atoms with Crippen molar-refractivity contribution in [2.24, 2.45) is 0 Å². The lowest BCUT2D eigenvalue weighted by Crippen LogP contribution is -2.38. The summed E-state index contributed by atoms with van der Waals surface area (Å²) in [6, 6.07) is 5.02. The van der Waals surface area contributed by atoms with Crippen LogP contribution in [-0.4, -0.2) is 47.7 Å². The largest absolute Gasteiger partial charge is 0.417 e. The van der Waals surface area contributed by atoms with E-state index < -0.39 is 28.6 Å². The van der Waals surface area contributed by atoms with E-state index in [4.69, 9.17) is 11.6 Å². The van der Waals surface area contributed by atoms with Crippen LogP contribution >= 0.6 is 22.9 Å². The van der Waals surface area contributed by atoms with Crippen molar-refractivity contribution < 1.29 is 27.6 Å². The lowest BCUT2D eigenvalue weighted by molar-refractivity contribution is -0.138. The van der Waals surface area contributed by atoms with Gasteiger partial charge < -0.3 is 15.1 Å². The van der Waals surface area contributed by atoms with Crippen molar-refractivity contribution in [3.8, 4) is 0 Å².